The third-order valence-electron chi connectivity index (χ3n) is 4.79. The van der Waals surface area contributed by atoms with Gasteiger partial charge in [-0.05, 0) is 51.1 Å². The van der Waals surface area contributed by atoms with E-state index in [0.29, 0.717) is 11.5 Å². The van der Waals surface area contributed by atoms with Crippen LogP contribution in [0.5, 0.6) is 0 Å². The SMILES string of the molecule is CCCCNCC(C)N1CCC2(CCOCC2)C1. The lowest BCUT2D eigenvalue weighted by atomic mass is 9.80. The monoisotopic (exact) mass is 254 g/mol. The molecule has 0 aromatic rings. The molecule has 1 spiro atoms. The smallest absolute Gasteiger partial charge is 0.0471 e. The first-order valence-electron chi connectivity index (χ1n) is 7.78. The van der Waals surface area contributed by atoms with E-state index in [1.165, 1.54) is 51.7 Å². The van der Waals surface area contributed by atoms with Gasteiger partial charge >= 0.3 is 0 Å². The number of nitrogens with one attached hydrogen (secondary N) is 1. The molecule has 3 heteroatoms. The van der Waals surface area contributed by atoms with Crippen LogP contribution in [0.25, 0.3) is 0 Å². The summed E-state index contributed by atoms with van der Waals surface area (Å²) in [4.78, 5) is 2.68. The highest BCUT2D eigenvalue weighted by Crippen LogP contribution is 2.40. The fourth-order valence-corrected chi connectivity index (χ4v) is 3.30. The third-order valence-corrected chi connectivity index (χ3v) is 4.79. The van der Waals surface area contributed by atoms with Crippen LogP contribution in [0.2, 0.25) is 0 Å². The van der Waals surface area contributed by atoms with Crippen LogP contribution in [-0.4, -0.2) is 50.3 Å². The van der Waals surface area contributed by atoms with Gasteiger partial charge in [0.1, 0.15) is 0 Å². The molecule has 3 nitrogen and oxygen atoms in total. The summed E-state index contributed by atoms with van der Waals surface area (Å²) < 4.78 is 5.51. The quantitative estimate of drug-likeness (QED) is 0.736. The van der Waals surface area contributed by atoms with E-state index < -0.39 is 0 Å². The summed E-state index contributed by atoms with van der Waals surface area (Å²) >= 11 is 0. The number of rotatable bonds is 6. The van der Waals surface area contributed by atoms with Gasteiger partial charge < -0.3 is 10.1 Å². The minimum atomic E-state index is 0.593. The van der Waals surface area contributed by atoms with Crippen LogP contribution in [0.3, 0.4) is 0 Å². The summed E-state index contributed by atoms with van der Waals surface area (Å²) in [5, 5.41) is 3.59. The van der Waals surface area contributed by atoms with Crippen molar-refractivity contribution in [1.29, 1.82) is 0 Å². The molecule has 2 heterocycles. The second-order valence-electron chi connectivity index (χ2n) is 6.24. The highest BCUT2D eigenvalue weighted by molar-refractivity contribution is 4.93. The summed E-state index contributed by atoms with van der Waals surface area (Å²) in [6.07, 6.45) is 6.52. The van der Waals surface area contributed by atoms with Crippen LogP contribution in [0.4, 0.5) is 0 Å². The van der Waals surface area contributed by atoms with E-state index in [2.05, 4.69) is 24.1 Å². The number of unbranched alkanes of at least 4 members (excludes halogenated alkanes) is 1. The molecule has 2 aliphatic heterocycles. The van der Waals surface area contributed by atoms with Crippen LogP contribution in [0.1, 0.15) is 46.0 Å². The average Bonchev–Trinajstić information content (AvgIpc) is 2.79. The van der Waals surface area contributed by atoms with Crippen LogP contribution in [0, 0.1) is 5.41 Å². The van der Waals surface area contributed by atoms with Gasteiger partial charge in [-0.3, -0.25) is 4.90 Å². The Labute approximate surface area is 112 Å². The molecule has 0 bridgehead atoms. The minimum absolute atomic E-state index is 0.593. The zero-order chi connectivity index (χ0) is 12.8. The van der Waals surface area contributed by atoms with Crippen molar-refractivity contribution in [2.24, 2.45) is 5.41 Å². The number of likely N-dealkylation sites (tertiary alicyclic amines) is 1. The van der Waals surface area contributed by atoms with E-state index in [4.69, 9.17) is 4.74 Å². The van der Waals surface area contributed by atoms with Gasteiger partial charge in [0, 0.05) is 32.3 Å². The van der Waals surface area contributed by atoms with Crippen LogP contribution in [-0.2, 0) is 4.74 Å². The molecule has 0 radical (unpaired) electrons. The zero-order valence-electron chi connectivity index (χ0n) is 12.2. The molecule has 0 amide bonds. The van der Waals surface area contributed by atoms with E-state index in [-0.39, 0.29) is 0 Å². The van der Waals surface area contributed by atoms with Gasteiger partial charge in [0.2, 0.25) is 0 Å². The minimum Gasteiger partial charge on any atom is -0.381 e. The first-order chi connectivity index (χ1) is 8.76. The van der Waals surface area contributed by atoms with Crippen molar-refractivity contribution in [3.8, 4) is 0 Å². The summed E-state index contributed by atoms with van der Waals surface area (Å²) in [6.45, 7) is 11.5. The molecule has 1 N–H and O–H groups in total. The highest BCUT2D eigenvalue weighted by Gasteiger charge is 2.40. The van der Waals surface area contributed by atoms with Gasteiger partial charge in [-0.25, -0.2) is 0 Å². The van der Waals surface area contributed by atoms with E-state index in [0.717, 1.165) is 19.8 Å². The number of ether oxygens (including phenoxy) is 1. The third kappa shape index (κ3) is 3.69. The largest absolute Gasteiger partial charge is 0.381 e. The number of nitrogens with zero attached hydrogens (tertiary/aromatic N) is 1. The molecular formula is C15H30N2O. The molecule has 1 atom stereocenters. The number of hydrogen-bond donors (Lipinski definition) is 1. The van der Waals surface area contributed by atoms with Crippen molar-refractivity contribution >= 4 is 0 Å². The standard InChI is InChI=1S/C15H30N2O/c1-3-4-8-16-12-14(2)17-9-5-15(13-17)6-10-18-11-7-15/h14,16H,3-13H2,1-2H3. The zero-order valence-corrected chi connectivity index (χ0v) is 12.2. The summed E-state index contributed by atoms with van der Waals surface area (Å²) in [7, 11) is 0. The molecule has 106 valence electrons. The summed E-state index contributed by atoms with van der Waals surface area (Å²) in [6, 6.07) is 0.684. The molecule has 0 aromatic carbocycles. The van der Waals surface area contributed by atoms with Crippen molar-refractivity contribution in [3.05, 3.63) is 0 Å². The van der Waals surface area contributed by atoms with Gasteiger partial charge in [0.05, 0.1) is 0 Å². The van der Waals surface area contributed by atoms with Crippen LogP contribution in [0.15, 0.2) is 0 Å². The maximum atomic E-state index is 5.51. The van der Waals surface area contributed by atoms with E-state index in [1.807, 2.05) is 0 Å². The molecular weight excluding hydrogens is 224 g/mol. The molecule has 2 saturated heterocycles. The first kappa shape index (κ1) is 14.3. The predicted octanol–water partition coefficient (Wildman–Crippen LogP) is 2.27. The summed E-state index contributed by atoms with van der Waals surface area (Å²) in [5.74, 6) is 0. The molecule has 1 unspecified atom stereocenters. The van der Waals surface area contributed by atoms with E-state index >= 15 is 0 Å². The lowest BCUT2D eigenvalue weighted by Gasteiger charge is -2.34. The van der Waals surface area contributed by atoms with Gasteiger partial charge in [0.25, 0.3) is 0 Å². The van der Waals surface area contributed by atoms with Gasteiger partial charge in [-0.15, -0.1) is 0 Å². The molecule has 0 aliphatic carbocycles. The Morgan fingerprint density at radius 1 is 1.28 bits per heavy atom. The lowest BCUT2D eigenvalue weighted by molar-refractivity contribution is 0.0175. The molecule has 2 fully saturated rings. The van der Waals surface area contributed by atoms with Crippen LogP contribution >= 0.6 is 0 Å². The lowest BCUT2D eigenvalue weighted by Crippen LogP contribution is -2.41. The molecule has 2 rings (SSSR count). The summed E-state index contributed by atoms with van der Waals surface area (Å²) in [5.41, 5.74) is 0.593. The van der Waals surface area contributed by atoms with Crippen molar-refractivity contribution in [2.45, 2.75) is 52.0 Å². The second-order valence-corrected chi connectivity index (χ2v) is 6.24. The predicted molar refractivity (Wildman–Crippen MR) is 75.9 cm³/mol. The fraction of sp³-hybridized carbons (Fsp3) is 1.00. The van der Waals surface area contributed by atoms with Crippen molar-refractivity contribution in [3.63, 3.8) is 0 Å². The first-order valence-corrected chi connectivity index (χ1v) is 7.78. The highest BCUT2D eigenvalue weighted by atomic mass is 16.5. The molecule has 0 saturated carbocycles. The average molecular weight is 254 g/mol. The maximum absolute atomic E-state index is 5.51. The molecule has 0 aromatic heterocycles. The Balaban J connectivity index is 1.70. The Hall–Kier alpha value is -0.120. The Morgan fingerprint density at radius 2 is 2.06 bits per heavy atom. The van der Waals surface area contributed by atoms with E-state index in [1.54, 1.807) is 0 Å². The molecule has 18 heavy (non-hydrogen) atoms. The Morgan fingerprint density at radius 3 is 2.78 bits per heavy atom. The van der Waals surface area contributed by atoms with E-state index in [9.17, 15) is 0 Å². The van der Waals surface area contributed by atoms with Gasteiger partial charge in [-0.1, -0.05) is 13.3 Å². The van der Waals surface area contributed by atoms with Crippen molar-refractivity contribution in [1.82, 2.24) is 10.2 Å². The topological polar surface area (TPSA) is 24.5 Å². The van der Waals surface area contributed by atoms with Gasteiger partial charge in [0.15, 0.2) is 0 Å². The second kappa shape index (κ2) is 6.88. The molecule has 2 aliphatic rings. The van der Waals surface area contributed by atoms with Gasteiger partial charge in [-0.2, -0.15) is 0 Å². The normalized spacial score (nSPS) is 25.7. The Kier molecular flexibility index (Phi) is 5.46. The van der Waals surface area contributed by atoms with Crippen molar-refractivity contribution in [2.75, 3.05) is 39.4 Å². The van der Waals surface area contributed by atoms with Crippen LogP contribution < -0.4 is 5.32 Å². The number of hydrogen-bond acceptors (Lipinski definition) is 3. The fourth-order valence-electron chi connectivity index (χ4n) is 3.30. The maximum Gasteiger partial charge on any atom is 0.0471 e. The Bertz CT molecular complexity index is 239. The van der Waals surface area contributed by atoms with Crippen molar-refractivity contribution < 1.29 is 4.74 Å².